The van der Waals surface area contributed by atoms with Gasteiger partial charge >= 0.3 is 30.5 Å². The average Bonchev–Trinajstić information content (AvgIpc) is 3.35. The van der Waals surface area contributed by atoms with Crippen LogP contribution in [0.5, 0.6) is 5.75 Å². The molecule has 1 heterocycles. The van der Waals surface area contributed by atoms with Crippen LogP contribution < -0.4 is 15.4 Å². The molecule has 2 aromatic carbocycles. The Morgan fingerprint density at radius 3 is 2.07 bits per heavy atom. The summed E-state index contributed by atoms with van der Waals surface area (Å²) in [4.78, 5) is 43.2. The minimum absolute atomic E-state index is 0.0566. The van der Waals surface area contributed by atoms with Crippen LogP contribution in [0.25, 0.3) is 0 Å². The lowest BCUT2D eigenvalue weighted by Gasteiger charge is -2.16. The zero-order valence-corrected chi connectivity index (χ0v) is 24.0. The molecule has 11 nitrogen and oxygen atoms in total. The lowest BCUT2D eigenvalue weighted by Crippen LogP contribution is -2.31. The van der Waals surface area contributed by atoms with E-state index >= 15 is 0 Å². The van der Waals surface area contributed by atoms with Crippen molar-refractivity contribution in [1.29, 1.82) is 0 Å². The van der Waals surface area contributed by atoms with Gasteiger partial charge in [0.1, 0.15) is 19.0 Å². The van der Waals surface area contributed by atoms with Gasteiger partial charge in [0.05, 0.1) is 12.1 Å². The Balaban J connectivity index is 1.69. The molecule has 0 aliphatic rings. The summed E-state index contributed by atoms with van der Waals surface area (Å²) in [6.45, 7) is 4.39. The van der Waals surface area contributed by atoms with Crippen molar-refractivity contribution < 1.29 is 54.9 Å². The molecule has 1 aromatic heterocycles. The Bertz CT molecular complexity index is 1440. The van der Waals surface area contributed by atoms with Crippen LogP contribution in [-0.4, -0.2) is 71.6 Å². The lowest BCUT2D eigenvalue weighted by atomic mass is 10.1. The van der Waals surface area contributed by atoms with Gasteiger partial charge in [0.25, 0.3) is 0 Å². The number of rotatable bonds is 13. The van der Waals surface area contributed by atoms with Gasteiger partial charge in [-0.3, -0.25) is 15.0 Å². The van der Waals surface area contributed by atoms with Crippen LogP contribution in [0.4, 0.5) is 42.6 Å². The molecule has 0 spiro atoms. The number of hydrogen-bond donors (Lipinski definition) is 2. The third-order valence-electron chi connectivity index (χ3n) is 6.01. The summed E-state index contributed by atoms with van der Waals surface area (Å²) in [5, 5.41) is 4.73. The van der Waals surface area contributed by atoms with Crippen molar-refractivity contribution in [2.75, 3.05) is 43.5 Å². The van der Waals surface area contributed by atoms with Crippen molar-refractivity contribution in [3.63, 3.8) is 0 Å². The number of carbonyl (C=O) groups excluding carboxylic acids is 3. The zero-order valence-electron chi connectivity index (χ0n) is 24.0. The van der Waals surface area contributed by atoms with E-state index in [-0.39, 0.29) is 43.6 Å². The molecule has 0 radical (unpaired) electrons. The number of amides is 2. The molecule has 2 N–H and O–H groups in total. The van der Waals surface area contributed by atoms with Gasteiger partial charge in [-0.05, 0) is 55.1 Å². The molecule has 0 aliphatic carbocycles. The second-order valence-electron chi connectivity index (χ2n) is 9.24. The molecule has 0 bridgehead atoms. The second-order valence-corrected chi connectivity index (χ2v) is 9.24. The van der Waals surface area contributed by atoms with Crippen molar-refractivity contribution in [3.8, 4) is 5.75 Å². The predicted molar refractivity (Wildman–Crippen MR) is 148 cm³/mol. The fourth-order valence-corrected chi connectivity index (χ4v) is 3.80. The monoisotopic (exact) mass is 645 g/mol. The normalized spacial score (nSPS) is 11.7. The average molecular weight is 646 g/mol. The fraction of sp³-hybridized carbons (Fsp3) is 0.357. The van der Waals surface area contributed by atoms with Crippen molar-refractivity contribution in [1.82, 2.24) is 14.5 Å². The highest BCUT2D eigenvalue weighted by atomic mass is 19.4. The molecule has 0 fully saturated rings. The smallest absolute Gasteiger partial charge is 0.461 e. The van der Waals surface area contributed by atoms with Gasteiger partial charge in [0, 0.05) is 18.4 Å². The van der Waals surface area contributed by atoms with Gasteiger partial charge in [-0.1, -0.05) is 26.0 Å². The minimum Gasteiger partial charge on any atom is -0.461 e. The van der Waals surface area contributed by atoms with Crippen LogP contribution in [-0.2, 0) is 27.0 Å². The number of carbonyl (C=O) groups is 3. The molecular weight excluding hydrogens is 616 g/mol. The van der Waals surface area contributed by atoms with E-state index in [1.165, 1.54) is 22.9 Å². The molecule has 45 heavy (non-hydrogen) atoms. The number of esters is 2. The molecule has 0 saturated carbocycles. The first kappa shape index (κ1) is 34.7. The number of halogens is 6. The van der Waals surface area contributed by atoms with E-state index in [4.69, 9.17) is 9.47 Å². The standard InChI is InChI=1S/C28H29F6N5O6/c1-3-38(4-2)17-23(40)43-13-14-44-25(41)24-36-22(16-39(24)15-18-5-7-19(8-6-18)27(29,30)31)37-26(42)35-20-9-11-21(12-10-20)45-28(32,33)34/h5-12,16H,3-4,13-15,17H2,1-2H3,(H2,35,37,42). The van der Waals surface area contributed by atoms with E-state index in [0.29, 0.717) is 18.7 Å². The van der Waals surface area contributed by atoms with Crippen LogP contribution in [0.2, 0.25) is 0 Å². The van der Waals surface area contributed by atoms with Gasteiger partial charge < -0.3 is 24.1 Å². The number of nitrogens with one attached hydrogen (secondary N) is 2. The van der Waals surface area contributed by atoms with E-state index in [0.717, 1.165) is 36.4 Å². The topological polar surface area (TPSA) is 124 Å². The number of likely N-dealkylation sites (N-methyl/N-ethyl adjacent to an activating group) is 1. The Labute approximate surface area is 253 Å². The quantitative estimate of drug-likeness (QED) is 0.141. The Morgan fingerprint density at radius 2 is 1.49 bits per heavy atom. The summed E-state index contributed by atoms with van der Waals surface area (Å²) < 4.78 is 91.2. The Morgan fingerprint density at radius 1 is 0.867 bits per heavy atom. The lowest BCUT2D eigenvalue weighted by molar-refractivity contribution is -0.274. The fourth-order valence-electron chi connectivity index (χ4n) is 3.80. The number of urea groups is 1. The molecule has 244 valence electrons. The van der Waals surface area contributed by atoms with Gasteiger partial charge in [0.2, 0.25) is 5.82 Å². The van der Waals surface area contributed by atoms with E-state index in [1.54, 1.807) is 0 Å². The summed E-state index contributed by atoms with van der Waals surface area (Å²) in [7, 11) is 0. The number of imidazole rings is 1. The number of alkyl halides is 6. The van der Waals surface area contributed by atoms with Crippen molar-refractivity contribution in [2.45, 2.75) is 32.9 Å². The maximum absolute atomic E-state index is 13.0. The number of nitrogens with zero attached hydrogens (tertiary/aromatic N) is 3. The van der Waals surface area contributed by atoms with Crippen molar-refractivity contribution >= 4 is 29.5 Å². The largest absolute Gasteiger partial charge is 0.573 e. The summed E-state index contributed by atoms with van der Waals surface area (Å²) >= 11 is 0. The first-order chi connectivity index (χ1) is 21.2. The number of benzene rings is 2. The molecule has 3 aromatic rings. The molecule has 0 aliphatic heterocycles. The van der Waals surface area contributed by atoms with Crippen LogP contribution >= 0.6 is 0 Å². The summed E-state index contributed by atoms with van der Waals surface area (Å²) in [6, 6.07) is 7.55. The van der Waals surface area contributed by atoms with E-state index < -0.39 is 41.8 Å². The molecule has 0 unspecified atom stereocenters. The molecule has 3 rings (SSSR count). The summed E-state index contributed by atoms with van der Waals surface area (Å²) in [6.07, 6.45) is -8.20. The maximum Gasteiger partial charge on any atom is 0.573 e. The summed E-state index contributed by atoms with van der Waals surface area (Å²) in [5.74, 6) is -2.48. The second kappa shape index (κ2) is 15.3. The van der Waals surface area contributed by atoms with E-state index in [2.05, 4.69) is 20.4 Å². The van der Waals surface area contributed by atoms with Crippen LogP contribution in [0.15, 0.2) is 54.7 Å². The highest BCUT2D eigenvalue weighted by molar-refractivity contribution is 5.99. The van der Waals surface area contributed by atoms with Gasteiger partial charge in [-0.2, -0.15) is 13.2 Å². The maximum atomic E-state index is 13.0. The molecule has 2 amide bonds. The van der Waals surface area contributed by atoms with Crippen LogP contribution in [0, 0.1) is 0 Å². The molecular formula is C28H29F6N5O6. The summed E-state index contributed by atoms with van der Waals surface area (Å²) in [5.41, 5.74) is -0.414. The molecule has 0 atom stereocenters. The Kier molecular flexibility index (Phi) is 11.8. The SMILES string of the molecule is CCN(CC)CC(=O)OCCOC(=O)c1nc(NC(=O)Nc2ccc(OC(F)(F)F)cc2)cn1Cc1ccc(C(F)(F)F)cc1. The number of hydrogen-bond acceptors (Lipinski definition) is 8. The van der Waals surface area contributed by atoms with Gasteiger partial charge in [-0.15, -0.1) is 13.2 Å². The first-order valence-electron chi connectivity index (χ1n) is 13.4. The number of ether oxygens (including phenoxy) is 3. The predicted octanol–water partition coefficient (Wildman–Crippen LogP) is 5.53. The van der Waals surface area contributed by atoms with Gasteiger partial charge in [-0.25, -0.2) is 14.6 Å². The van der Waals surface area contributed by atoms with Crippen LogP contribution in [0.1, 0.15) is 35.6 Å². The highest BCUT2D eigenvalue weighted by Gasteiger charge is 2.31. The van der Waals surface area contributed by atoms with Gasteiger partial charge in [0.15, 0.2) is 5.82 Å². The Hall–Kier alpha value is -4.80. The van der Waals surface area contributed by atoms with Crippen molar-refractivity contribution in [3.05, 3.63) is 71.7 Å². The minimum atomic E-state index is -4.89. The first-order valence-corrected chi connectivity index (χ1v) is 13.4. The van der Waals surface area contributed by atoms with E-state index in [1.807, 2.05) is 18.7 Å². The van der Waals surface area contributed by atoms with Crippen LogP contribution in [0.3, 0.4) is 0 Å². The zero-order chi connectivity index (χ0) is 33.2. The molecule has 17 heteroatoms. The number of aromatic nitrogens is 2. The third-order valence-corrected chi connectivity index (χ3v) is 6.01. The van der Waals surface area contributed by atoms with Crippen molar-refractivity contribution in [2.24, 2.45) is 0 Å². The number of anilines is 2. The highest BCUT2D eigenvalue weighted by Crippen LogP contribution is 2.29. The molecule has 0 saturated heterocycles. The van der Waals surface area contributed by atoms with E-state index in [9.17, 15) is 40.7 Å². The third kappa shape index (κ3) is 11.3.